The zero-order valence-corrected chi connectivity index (χ0v) is 15.1. The summed E-state index contributed by atoms with van der Waals surface area (Å²) in [7, 11) is 1.81. The molecule has 132 valence electrons. The highest BCUT2D eigenvalue weighted by Gasteiger charge is 2.23. The van der Waals surface area contributed by atoms with Crippen molar-refractivity contribution in [3.05, 3.63) is 35.4 Å². The van der Waals surface area contributed by atoms with E-state index >= 15 is 0 Å². The number of rotatable bonds is 5. The van der Waals surface area contributed by atoms with Crippen molar-refractivity contribution < 1.29 is 9.59 Å². The minimum absolute atomic E-state index is 0.00739. The van der Waals surface area contributed by atoms with Crippen molar-refractivity contribution in [3.63, 3.8) is 0 Å². The van der Waals surface area contributed by atoms with Crippen LogP contribution in [-0.2, 0) is 11.3 Å². The minimum atomic E-state index is -0.0214. The summed E-state index contributed by atoms with van der Waals surface area (Å²) in [6, 6.07) is 7.75. The molecule has 1 fully saturated rings. The second-order valence-corrected chi connectivity index (χ2v) is 7.10. The maximum absolute atomic E-state index is 12.4. The van der Waals surface area contributed by atoms with E-state index in [0.29, 0.717) is 18.0 Å². The molecular formula is C19H29N3O2. The summed E-state index contributed by atoms with van der Waals surface area (Å²) in [4.78, 5) is 26.0. The van der Waals surface area contributed by atoms with Crippen LogP contribution < -0.4 is 10.6 Å². The van der Waals surface area contributed by atoms with Crippen LogP contribution >= 0.6 is 0 Å². The lowest BCUT2D eigenvalue weighted by molar-refractivity contribution is -0.133. The van der Waals surface area contributed by atoms with Crippen LogP contribution in [0.2, 0.25) is 0 Å². The average molecular weight is 331 g/mol. The Kier molecular flexibility index (Phi) is 6.37. The van der Waals surface area contributed by atoms with Crippen LogP contribution in [-0.4, -0.2) is 42.9 Å². The first-order valence-corrected chi connectivity index (χ1v) is 8.74. The molecule has 1 saturated heterocycles. The number of nitrogens with zero attached hydrogens (tertiary/aromatic N) is 1. The SMILES string of the molecule is CC(C)C(=O)N(C)Cc1ccc(C(=O)NC2CCNCC2C)cc1. The van der Waals surface area contributed by atoms with Gasteiger partial charge in [0, 0.05) is 31.1 Å². The molecule has 1 heterocycles. The number of benzene rings is 1. The summed E-state index contributed by atoms with van der Waals surface area (Å²) in [6.45, 7) is 8.40. The Morgan fingerprint density at radius 2 is 1.96 bits per heavy atom. The van der Waals surface area contributed by atoms with Gasteiger partial charge in [-0.05, 0) is 43.1 Å². The highest BCUT2D eigenvalue weighted by molar-refractivity contribution is 5.94. The van der Waals surface area contributed by atoms with Crippen LogP contribution in [0.15, 0.2) is 24.3 Å². The Bertz CT molecular complexity index is 568. The molecule has 2 N–H and O–H groups in total. The maximum Gasteiger partial charge on any atom is 0.251 e. The fourth-order valence-electron chi connectivity index (χ4n) is 3.03. The number of amides is 2. The van der Waals surface area contributed by atoms with Crippen LogP contribution in [0.3, 0.4) is 0 Å². The molecule has 1 aliphatic heterocycles. The number of hydrogen-bond donors (Lipinski definition) is 2. The molecule has 5 nitrogen and oxygen atoms in total. The lowest BCUT2D eigenvalue weighted by Gasteiger charge is -2.30. The van der Waals surface area contributed by atoms with E-state index in [9.17, 15) is 9.59 Å². The lowest BCUT2D eigenvalue weighted by atomic mass is 9.95. The van der Waals surface area contributed by atoms with E-state index in [2.05, 4.69) is 17.6 Å². The van der Waals surface area contributed by atoms with Gasteiger partial charge in [-0.25, -0.2) is 0 Å². The molecule has 1 aliphatic rings. The van der Waals surface area contributed by atoms with E-state index in [0.717, 1.165) is 25.1 Å². The fraction of sp³-hybridized carbons (Fsp3) is 0.579. The highest BCUT2D eigenvalue weighted by atomic mass is 16.2. The summed E-state index contributed by atoms with van der Waals surface area (Å²) in [5, 5.41) is 6.47. The molecule has 1 aromatic rings. The van der Waals surface area contributed by atoms with E-state index in [1.807, 2.05) is 38.1 Å². The molecule has 1 aromatic carbocycles. The Labute approximate surface area is 144 Å². The summed E-state index contributed by atoms with van der Waals surface area (Å²) in [6.07, 6.45) is 0.965. The van der Waals surface area contributed by atoms with Crippen LogP contribution in [0.25, 0.3) is 0 Å². The van der Waals surface area contributed by atoms with Crippen molar-refractivity contribution in [2.75, 3.05) is 20.1 Å². The summed E-state index contributed by atoms with van der Waals surface area (Å²) < 4.78 is 0. The van der Waals surface area contributed by atoms with Gasteiger partial charge in [-0.15, -0.1) is 0 Å². The van der Waals surface area contributed by atoms with Gasteiger partial charge in [-0.2, -0.15) is 0 Å². The molecule has 0 spiro atoms. The first kappa shape index (κ1) is 18.5. The normalized spacial score (nSPS) is 20.7. The second kappa shape index (κ2) is 8.29. The third-order valence-corrected chi connectivity index (χ3v) is 4.61. The summed E-state index contributed by atoms with van der Waals surface area (Å²) >= 11 is 0. The van der Waals surface area contributed by atoms with Gasteiger partial charge in [0.25, 0.3) is 5.91 Å². The molecule has 0 aromatic heterocycles. The molecule has 0 aliphatic carbocycles. The first-order valence-electron chi connectivity index (χ1n) is 8.74. The third-order valence-electron chi connectivity index (χ3n) is 4.61. The minimum Gasteiger partial charge on any atom is -0.349 e. The van der Waals surface area contributed by atoms with Gasteiger partial charge in [0.15, 0.2) is 0 Å². The van der Waals surface area contributed by atoms with Crippen LogP contribution in [0, 0.1) is 11.8 Å². The zero-order chi connectivity index (χ0) is 17.7. The molecule has 5 heteroatoms. The fourth-order valence-corrected chi connectivity index (χ4v) is 3.03. The quantitative estimate of drug-likeness (QED) is 0.868. The van der Waals surface area contributed by atoms with E-state index in [4.69, 9.17) is 0 Å². The van der Waals surface area contributed by atoms with Gasteiger partial charge in [0.05, 0.1) is 0 Å². The monoisotopic (exact) mass is 331 g/mol. The van der Waals surface area contributed by atoms with Gasteiger partial charge in [0.1, 0.15) is 0 Å². The van der Waals surface area contributed by atoms with Gasteiger partial charge < -0.3 is 15.5 Å². The van der Waals surface area contributed by atoms with Crippen LogP contribution in [0.1, 0.15) is 43.1 Å². The molecule has 2 atom stereocenters. The standard InChI is InChI=1S/C19H29N3O2/c1-13(2)19(24)22(4)12-15-5-7-16(8-6-15)18(23)21-17-9-10-20-11-14(17)3/h5-8,13-14,17,20H,9-12H2,1-4H3,(H,21,23). The molecule has 0 saturated carbocycles. The molecule has 2 amide bonds. The van der Waals surface area contributed by atoms with Crippen LogP contribution in [0.5, 0.6) is 0 Å². The number of carbonyl (C=O) groups excluding carboxylic acids is 2. The topological polar surface area (TPSA) is 61.4 Å². The first-order chi connectivity index (χ1) is 11.4. The van der Waals surface area contributed by atoms with E-state index in [-0.39, 0.29) is 23.8 Å². The number of piperidine rings is 1. The predicted octanol–water partition coefficient (Wildman–Crippen LogP) is 2.03. The van der Waals surface area contributed by atoms with Crippen molar-refractivity contribution >= 4 is 11.8 Å². The largest absolute Gasteiger partial charge is 0.349 e. The average Bonchev–Trinajstić information content (AvgIpc) is 2.56. The molecule has 0 bridgehead atoms. The summed E-state index contributed by atoms with van der Waals surface area (Å²) in [5.74, 6) is 0.535. The molecular weight excluding hydrogens is 302 g/mol. The highest BCUT2D eigenvalue weighted by Crippen LogP contribution is 2.13. The molecule has 24 heavy (non-hydrogen) atoms. The second-order valence-electron chi connectivity index (χ2n) is 7.10. The summed E-state index contributed by atoms with van der Waals surface area (Å²) in [5.41, 5.74) is 1.70. The van der Waals surface area contributed by atoms with Crippen LogP contribution in [0.4, 0.5) is 0 Å². The van der Waals surface area contributed by atoms with E-state index in [1.54, 1.807) is 11.9 Å². The number of hydrogen-bond acceptors (Lipinski definition) is 3. The zero-order valence-electron chi connectivity index (χ0n) is 15.1. The van der Waals surface area contributed by atoms with E-state index in [1.165, 1.54) is 0 Å². The third kappa shape index (κ3) is 4.81. The number of nitrogens with one attached hydrogen (secondary N) is 2. The van der Waals surface area contributed by atoms with Gasteiger partial charge in [-0.3, -0.25) is 9.59 Å². The molecule has 2 unspecified atom stereocenters. The smallest absolute Gasteiger partial charge is 0.251 e. The lowest BCUT2D eigenvalue weighted by Crippen LogP contribution is -2.48. The predicted molar refractivity (Wildman–Crippen MR) is 95.7 cm³/mol. The molecule has 2 rings (SSSR count). The Balaban J connectivity index is 1.93. The Hall–Kier alpha value is -1.88. The van der Waals surface area contributed by atoms with E-state index < -0.39 is 0 Å². The van der Waals surface area contributed by atoms with Gasteiger partial charge >= 0.3 is 0 Å². The van der Waals surface area contributed by atoms with Gasteiger partial charge in [-0.1, -0.05) is 32.9 Å². The van der Waals surface area contributed by atoms with Gasteiger partial charge in [0.2, 0.25) is 5.91 Å². The Morgan fingerprint density at radius 3 is 2.54 bits per heavy atom. The van der Waals surface area contributed by atoms with Crippen molar-refractivity contribution in [2.24, 2.45) is 11.8 Å². The Morgan fingerprint density at radius 1 is 1.29 bits per heavy atom. The number of carbonyl (C=O) groups is 2. The molecule has 0 radical (unpaired) electrons. The van der Waals surface area contributed by atoms with Crippen molar-refractivity contribution in [1.29, 1.82) is 0 Å². The maximum atomic E-state index is 12.4. The van der Waals surface area contributed by atoms with Crippen molar-refractivity contribution in [1.82, 2.24) is 15.5 Å². The van der Waals surface area contributed by atoms with Crippen molar-refractivity contribution in [2.45, 2.75) is 39.8 Å². The van der Waals surface area contributed by atoms with Crippen molar-refractivity contribution in [3.8, 4) is 0 Å².